The first-order chi connectivity index (χ1) is 21.9. The summed E-state index contributed by atoms with van der Waals surface area (Å²) in [5.41, 5.74) is 22.8. The van der Waals surface area contributed by atoms with Crippen molar-refractivity contribution >= 4 is 7.60 Å². The lowest BCUT2D eigenvalue weighted by Gasteiger charge is -2.34. The number of unbranched alkanes of at least 4 members (excludes halogenated alkanes) is 1. The van der Waals surface area contributed by atoms with Gasteiger partial charge in [0.15, 0.2) is 0 Å². The van der Waals surface area contributed by atoms with Crippen molar-refractivity contribution in [2.45, 2.75) is 59.0 Å². The van der Waals surface area contributed by atoms with E-state index in [1.54, 1.807) is 7.11 Å². The van der Waals surface area contributed by atoms with Crippen molar-refractivity contribution in [3.63, 3.8) is 0 Å². The highest BCUT2D eigenvalue weighted by molar-refractivity contribution is 7.53. The molecule has 1 unspecified atom stereocenters. The maximum atomic E-state index is 14.1. The Balaban J connectivity index is 1.75. The van der Waals surface area contributed by atoms with Gasteiger partial charge in [0.2, 0.25) is 0 Å². The number of hydrogen-bond donors (Lipinski definition) is 3. The summed E-state index contributed by atoms with van der Waals surface area (Å²) in [6.07, 6.45) is 2.52. The molecule has 0 aliphatic carbocycles. The van der Waals surface area contributed by atoms with E-state index in [0.717, 1.165) is 46.2 Å². The standard InChI is InChI=1S/C35H52N3O6P/c1-3-4-18-43-45(39,19-17-29-5-7-30(20-36)8-6-29)44-28-35(25-40-2,26-41-23-33-13-9-31(21-37)10-14-33)27-42-24-34-15-11-32(22-38)12-16-34/h5-16H,3-4,17-28,36-38H2,1-2H3. The van der Waals surface area contributed by atoms with Gasteiger partial charge >= 0.3 is 7.60 Å². The minimum atomic E-state index is -3.47. The van der Waals surface area contributed by atoms with Crippen molar-refractivity contribution < 1.29 is 27.8 Å². The maximum Gasteiger partial charge on any atom is 0.331 e. The highest BCUT2D eigenvalue weighted by Crippen LogP contribution is 2.50. The fourth-order valence-corrected chi connectivity index (χ4v) is 6.47. The van der Waals surface area contributed by atoms with Crippen LogP contribution in [0.25, 0.3) is 0 Å². The van der Waals surface area contributed by atoms with Crippen LogP contribution in [0.4, 0.5) is 0 Å². The molecule has 248 valence electrons. The third kappa shape index (κ3) is 13.1. The first-order valence-corrected chi connectivity index (χ1v) is 17.5. The van der Waals surface area contributed by atoms with Crippen molar-refractivity contribution in [1.82, 2.24) is 0 Å². The van der Waals surface area contributed by atoms with Crippen molar-refractivity contribution in [2.24, 2.45) is 22.6 Å². The molecular formula is C35H52N3O6P. The van der Waals surface area contributed by atoms with Gasteiger partial charge in [-0.2, -0.15) is 0 Å². The van der Waals surface area contributed by atoms with Crippen LogP contribution < -0.4 is 17.2 Å². The van der Waals surface area contributed by atoms with E-state index in [1.807, 2.05) is 72.8 Å². The second kappa shape index (κ2) is 19.9. The highest BCUT2D eigenvalue weighted by Gasteiger charge is 2.36. The summed E-state index contributed by atoms with van der Waals surface area (Å²) in [7, 11) is -1.83. The van der Waals surface area contributed by atoms with Gasteiger partial charge in [0.25, 0.3) is 0 Å². The zero-order chi connectivity index (χ0) is 32.4. The Morgan fingerprint density at radius 3 is 1.49 bits per heavy atom. The number of aryl methyl sites for hydroxylation is 1. The zero-order valence-electron chi connectivity index (χ0n) is 27.0. The summed E-state index contributed by atoms with van der Waals surface area (Å²) in [4.78, 5) is 0. The van der Waals surface area contributed by atoms with Gasteiger partial charge < -0.3 is 40.5 Å². The predicted molar refractivity (Wildman–Crippen MR) is 180 cm³/mol. The smallest absolute Gasteiger partial charge is 0.331 e. The summed E-state index contributed by atoms with van der Waals surface area (Å²) in [6, 6.07) is 24.0. The maximum absolute atomic E-state index is 14.1. The van der Waals surface area contributed by atoms with Gasteiger partial charge in [-0.3, -0.25) is 4.57 Å². The summed E-state index contributed by atoms with van der Waals surface area (Å²) < 4.78 is 44.5. The van der Waals surface area contributed by atoms with E-state index in [4.69, 9.17) is 40.5 Å². The van der Waals surface area contributed by atoms with Crippen LogP contribution in [0.3, 0.4) is 0 Å². The van der Waals surface area contributed by atoms with E-state index in [0.29, 0.717) is 45.9 Å². The van der Waals surface area contributed by atoms with Gasteiger partial charge in [-0.05, 0) is 46.2 Å². The van der Waals surface area contributed by atoms with Gasteiger partial charge in [-0.1, -0.05) is 86.1 Å². The second-order valence-corrected chi connectivity index (χ2v) is 13.7. The van der Waals surface area contributed by atoms with Gasteiger partial charge in [-0.25, -0.2) is 0 Å². The second-order valence-electron chi connectivity index (χ2n) is 11.5. The molecule has 45 heavy (non-hydrogen) atoms. The topological polar surface area (TPSA) is 141 Å². The summed E-state index contributed by atoms with van der Waals surface area (Å²) in [5.74, 6) is 0. The first-order valence-electron chi connectivity index (χ1n) is 15.7. The molecule has 3 aromatic rings. The molecule has 0 aliphatic heterocycles. The Hall–Kier alpha value is -2.43. The monoisotopic (exact) mass is 641 g/mol. The number of benzene rings is 3. The van der Waals surface area contributed by atoms with E-state index in [9.17, 15) is 4.57 Å². The van der Waals surface area contributed by atoms with Crippen LogP contribution in [0.15, 0.2) is 72.8 Å². The Morgan fingerprint density at radius 1 is 0.622 bits per heavy atom. The fourth-order valence-electron chi connectivity index (χ4n) is 4.73. The van der Waals surface area contributed by atoms with Gasteiger partial charge in [0.1, 0.15) is 0 Å². The van der Waals surface area contributed by atoms with Gasteiger partial charge in [0, 0.05) is 26.7 Å². The van der Waals surface area contributed by atoms with E-state index < -0.39 is 13.0 Å². The van der Waals surface area contributed by atoms with Crippen molar-refractivity contribution in [1.29, 1.82) is 0 Å². The number of methoxy groups -OCH3 is 1. The predicted octanol–water partition coefficient (Wildman–Crippen LogP) is 5.70. The summed E-state index contributed by atoms with van der Waals surface area (Å²) >= 11 is 0. The average molecular weight is 642 g/mol. The summed E-state index contributed by atoms with van der Waals surface area (Å²) in [6.45, 7) is 5.55. The molecule has 0 spiro atoms. The van der Waals surface area contributed by atoms with Crippen molar-refractivity contribution in [2.75, 3.05) is 46.3 Å². The molecule has 0 saturated carbocycles. The molecule has 0 bridgehead atoms. The average Bonchev–Trinajstić information content (AvgIpc) is 3.07. The van der Waals surface area contributed by atoms with Crippen LogP contribution in [-0.4, -0.2) is 46.3 Å². The molecule has 0 amide bonds. The lowest BCUT2D eigenvalue weighted by molar-refractivity contribution is -0.0886. The molecule has 0 aliphatic rings. The van der Waals surface area contributed by atoms with Gasteiger partial charge in [0.05, 0.1) is 57.8 Å². The number of nitrogens with two attached hydrogens (primary N) is 3. The zero-order valence-corrected chi connectivity index (χ0v) is 27.9. The molecule has 1 atom stereocenters. The van der Waals surface area contributed by atoms with Crippen molar-refractivity contribution in [3.05, 3.63) is 106 Å². The number of rotatable bonds is 23. The molecular weight excluding hydrogens is 589 g/mol. The van der Waals surface area contributed by atoms with E-state index >= 15 is 0 Å². The minimum Gasteiger partial charge on any atom is -0.384 e. The Kier molecular flexibility index (Phi) is 16.4. The third-order valence-corrected chi connectivity index (χ3v) is 9.48. The van der Waals surface area contributed by atoms with Crippen LogP contribution >= 0.6 is 7.60 Å². The lowest BCUT2D eigenvalue weighted by atomic mass is 9.92. The number of ether oxygens (including phenoxy) is 3. The quantitative estimate of drug-likeness (QED) is 0.0879. The van der Waals surface area contributed by atoms with Crippen LogP contribution in [0.5, 0.6) is 0 Å². The summed E-state index contributed by atoms with van der Waals surface area (Å²) in [5, 5.41) is 0. The molecule has 0 saturated heterocycles. The first kappa shape index (κ1) is 37.0. The van der Waals surface area contributed by atoms with Crippen molar-refractivity contribution in [3.8, 4) is 0 Å². The normalized spacial score (nSPS) is 13.2. The molecule has 9 nitrogen and oxygen atoms in total. The van der Waals surface area contributed by atoms with E-state index in [2.05, 4.69) is 6.92 Å². The lowest BCUT2D eigenvalue weighted by Crippen LogP contribution is -2.41. The molecule has 6 N–H and O–H groups in total. The Labute approximate surface area is 269 Å². The van der Waals surface area contributed by atoms with Gasteiger partial charge in [-0.15, -0.1) is 0 Å². The Bertz CT molecular complexity index is 1220. The van der Waals surface area contributed by atoms with E-state index in [-0.39, 0.29) is 32.6 Å². The fraction of sp³-hybridized carbons (Fsp3) is 0.486. The molecule has 0 heterocycles. The molecule has 10 heteroatoms. The number of hydrogen-bond acceptors (Lipinski definition) is 9. The SMILES string of the molecule is CCCCOP(=O)(CCc1ccc(CN)cc1)OCC(COC)(COCc1ccc(CN)cc1)COCc1ccc(CN)cc1. The van der Waals surface area contributed by atoms with E-state index in [1.165, 1.54) is 0 Å². The molecule has 0 fully saturated rings. The molecule has 3 rings (SSSR count). The largest absolute Gasteiger partial charge is 0.384 e. The minimum absolute atomic E-state index is 0.0780. The van der Waals surface area contributed by atoms with Crippen LogP contribution in [-0.2, 0) is 67.1 Å². The third-order valence-electron chi connectivity index (χ3n) is 7.61. The van der Waals surface area contributed by atoms with Crippen LogP contribution in [0, 0.1) is 5.41 Å². The Morgan fingerprint density at radius 2 is 1.07 bits per heavy atom. The molecule has 0 aromatic heterocycles. The molecule has 0 radical (unpaired) electrons. The molecule has 3 aromatic carbocycles. The van der Waals surface area contributed by atoms with Crippen LogP contribution in [0.2, 0.25) is 0 Å². The van der Waals surface area contributed by atoms with Crippen LogP contribution in [0.1, 0.15) is 53.1 Å². The highest BCUT2D eigenvalue weighted by atomic mass is 31.2.